The second-order valence-corrected chi connectivity index (χ2v) is 12.2. The molecule has 1 atom stereocenters. The molecular formula is C39H31N3O3S. The molecule has 0 bridgehead atoms. The number of carbonyl (C=O) groups is 3. The Morgan fingerprint density at radius 3 is 2.07 bits per heavy atom. The third-order valence-electron chi connectivity index (χ3n) is 7.46. The second kappa shape index (κ2) is 14.0. The lowest BCUT2D eigenvalue weighted by atomic mass is 10.0. The van der Waals surface area contributed by atoms with Gasteiger partial charge in [-0.2, -0.15) is 0 Å². The van der Waals surface area contributed by atoms with Gasteiger partial charge in [0.1, 0.15) is 5.70 Å². The Balaban J connectivity index is 1.15. The van der Waals surface area contributed by atoms with Crippen LogP contribution in [0.3, 0.4) is 0 Å². The van der Waals surface area contributed by atoms with Crippen molar-refractivity contribution >= 4 is 68.5 Å². The molecule has 0 aromatic heterocycles. The number of hydrogen-bond acceptors (Lipinski definition) is 4. The normalized spacial score (nSPS) is 12.0. The zero-order valence-electron chi connectivity index (χ0n) is 25.1. The molecule has 0 saturated heterocycles. The molecule has 0 heterocycles. The van der Waals surface area contributed by atoms with Gasteiger partial charge in [-0.05, 0) is 88.6 Å². The molecule has 1 unspecified atom stereocenters. The molecular weight excluding hydrogens is 591 g/mol. The SMILES string of the molecule is CC(Sc1ccc(NC(=O)/C(=C/c2cccc3ccccc23)NC(=O)c2ccccc2)cc1)C(=O)Nc1ccc2ccccc2c1. The monoisotopic (exact) mass is 621 g/mol. The Kier molecular flexibility index (Phi) is 9.22. The molecule has 6 rings (SSSR count). The van der Waals surface area contributed by atoms with Crippen molar-refractivity contribution < 1.29 is 14.4 Å². The van der Waals surface area contributed by atoms with Crippen LogP contribution in [0.4, 0.5) is 11.4 Å². The van der Waals surface area contributed by atoms with Crippen LogP contribution in [-0.2, 0) is 9.59 Å². The van der Waals surface area contributed by atoms with Crippen LogP contribution in [0, 0.1) is 0 Å². The van der Waals surface area contributed by atoms with Crippen molar-refractivity contribution in [2.24, 2.45) is 0 Å². The number of carbonyl (C=O) groups excluding carboxylic acids is 3. The third kappa shape index (κ3) is 7.34. The van der Waals surface area contributed by atoms with Crippen LogP contribution in [0.25, 0.3) is 27.6 Å². The average molecular weight is 622 g/mol. The highest BCUT2D eigenvalue weighted by molar-refractivity contribution is 8.00. The van der Waals surface area contributed by atoms with Crippen LogP contribution >= 0.6 is 11.8 Å². The molecule has 0 fully saturated rings. The summed E-state index contributed by atoms with van der Waals surface area (Å²) in [6.07, 6.45) is 1.69. The Morgan fingerprint density at radius 2 is 1.28 bits per heavy atom. The van der Waals surface area contributed by atoms with E-state index in [-0.39, 0.29) is 22.8 Å². The van der Waals surface area contributed by atoms with Gasteiger partial charge in [0.25, 0.3) is 11.8 Å². The Bertz CT molecular complexity index is 2070. The summed E-state index contributed by atoms with van der Waals surface area (Å²) in [7, 11) is 0. The maximum absolute atomic E-state index is 13.6. The van der Waals surface area contributed by atoms with Crippen LogP contribution in [0.1, 0.15) is 22.8 Å². The molecule has 226 valence electrons. The first-order chi connectivity index (χ1) is 22.4. The number of thioether (sulfide) groups is 1. The van der Waals surface area contributed by atoms with Crippen molar-refractivity contribution in [3.8, 4) is 0 Å². The van der Waals surface area contributed by atoms with Gasteiger partial charge in [-0.1, -0.05) is 91.0 Å². The van der Waals surface area contributed by atoms with E-state index in [4.69, 9.17) is 0 Å². The highest BCUT2D eigenvalue weighted by atomic mass is 32.2. The Labute approximate surface area is 271 Å². The maximum Gasteiger partial charge on any atom is 0.272 e. The topological polar surface area (TPSA) is 87.3 Å². The van der Waals surface area contributed by atoms with Crippen molar-refractivity contribution in [3.63, 3.8) is 0 Å². The van der Waals surface area contributed by atoms with Gasteiger partial charge in [0.05, 0.1) is 5.25 Å². The third-order valence-corrected chi connectivity index (χ3v) is 8.58. The highest BCUT2D eigenvalue weighted by Crippen LogP contribution is 2.27. The van der Waals surface area contributed by atoms with Crippen LogP contribution in [-0.4, -0.2) is 23.0 Å². The summed E-state index contributed by atoms with van der Waals surface area (Å²) in [4.78, 5) is 40.5. The van der Waals surface area contributed by atoms with Gasteiger partial charge in [0, 0.05) is 21.8 Å². The van der Waals surface area contributed by atoms with Crippen molar-refractivity contribution in [3.05, 3.63) is 156 Å². The molecule has 3 N–H and O–H groups in total. The lowest BCUT2D eigenvalue weighted by Gasteiger charge is -2.14. The number of nitrogens with one attached hydrogen (secondary N) is 3. The predicted octanol–water partition coefficient (Wildman–Crippen LogP) is 8.52. The quantitative estimate of drug-likeness (QED) is 0.112. The maximum atomic E-state index is 13.6. The molecule has 3 amide bonds. The standard InChI is InChI=1S/C39H31N3O3S/c1-26(37(43)41-33-19-18-27-10-5-6-14-30(27)24-33)46-34-22-20-32(21-23-34)40-39(45)36(42-38(44)29-12-3-2-4-13-29)25-31-16-9-15-28-11-7-8-17-35(28)31/h2-26H,1H3,(H,40,45)(H,41,43)(H,42,44)/b36-25-. The largest absolute Gasteiger partial charge is 0.325 e. The van der Waals surface area contributed by atoms with Gasteiger partial charge in [0.2, 0.25) is 5.91 Å². The number of hydrogen-bond donors (Lipinski definition) is 3. The summed E-state index contributed by atoms with van der Waals surface area (Å²) >= 11 is 1.42. The van der Waals surface area contributed by atoms with E-state index in [9.17, 15) is 14.4 Å². The number of amides is 3. The van der Waals surface area contributed by atoms with Crippen molar-refractivity contribution in [2.45, 2.75) is 17.1 Å². The first-order valence-electron chi connectivity index (χ1n) is 14.9. The number of anilines is 2. The molecule has 0 aliphatic carbocycles. The first kappa shape index (κ1) is 30.4. The van der Waals surface area contributed by atoms with Gasteiger partial charge >= 0.3 is 0 Å². The molecule has 6 nitrogen and oxygen atoms in total. The smallest absolute Gasteiger partial charge is 0.272 e. The zero-order valence-corrected chi connectivity index (χ0v) is 25.9. The summed E-state index contributed by atoms with van der Waals surface area (Å²) in [6, 6.07) is 43.6. The fourth-order valence-corrected chi connectivity index (χ4v) is 5.93. The summed E-state index contributed by atoms with van der Waals surface area (Å²) in [5.41, 5.74) is 2.67. The second-order valence-electron chi connectivity index (χ2n) is 10.7. The van der Waals surface area contributed by atoms with Crippen LogP contribution in [0.15, 0.2) is 150 Å². The van der Waals surface area contributed by atoms with Crippen LogP contribution < -0.4 is 16.0 Å². The van der Waals surface area contributed by atoms with E-state index in [1.807, 2.05) is 110 Å². The molecule has 46 heavy (non-hydrogen) atoms. The minimum Gasteiger partial charge on any atom is -0.325 e. The molecule has 0 spiro atoms. The summed E-state index contributed by atoms with van der Waals surface area (Å²) in [5, 5.41) is 12.5. The van der Waals surface area contributed by atoms with E-state index in [2.05, 4.69) is 16.0 Å². The van der Waals surface area contributed by atoms with E-state index in [1.165, 1.54) is 11.8 Å². The lowest BCUT2D eigenvalue weighted by Crippen LogP contribution is -2.30. The van der Waals surface area contributed by atoms with Gasteiger partial charge in [-0.25, -0.2) is 0 Å². The van der Waals surface area contributed by atoms with Crippen molar-refractivity contribution in [1.29, 1.82) is 0 Å². The van der Waals surface area contributed by atoms with E-state index in [1.54, 1.807) is 42.5 Å². The van der Waals surface area contributed by atoms with E-state index < -0.39 is 5.91 Å². The van der Waals surface area contributed by atoms with Gasteiger partial charge in [-0.3, -0.25) is 14.4 Å². The minimum atomic E-state index is -0.458. The Morgan fingerprint density at radius 1 is 0.630 bits per heavy atom. The van der Waals surface area contributed by atoms with E-state index in [0.717, 1.165) is 37.7 Å². The average Bonchev–Trinajstić information content (AvgIpc) is 3.09. The molecule has 6 aromatic carbocycles. The molecule has 0 aliphatic heterocycles. The van der Waals surface area contributed by atoms with E-state index in [0.29, 0.717) is 11.3 Å². The first-order valence-corrected chi connectivity index (χ1v) is 15.7. The number of rotatable bonds is 9. The zero-order chi connectivity index (χ0) is 31.9. The van der Waals surface area contributed by atoms with E-state index >= 15 is 0 Å². The van der Waals surface area contributed by atoms with Crippen LogP contribution in [0.2, 0.25) is 0 Å². The summed E-state index contributed by atoms with van der Waals surface area (Å²) in [6.45, 7) is 1.86. The van der Waals surface area contributed by atoms with Gasteiger partial charge < -0.3 is 16.0 Å². The molecule has 0 saturated carbocycles. The summed E-state index contributed by atoms with van der Waals surface area (Å²) < 4.78 is 0. The van der Waals surface area contributed by atoms with Gasteiger partial charge in [-0.15, -0.1) is 11.8 Å². The van der Waals surface area contributed by atoms with Gasteiger partial charge in [0.15, 0.2) is 0 Å². The predicted molar refractivity (Wildman–Crippen MR) is 189 cm³/mol. The number of benzene rings is 6. The summed E-state index contributed by atoms with van der Waals surface area (Å²) in [5.74, 6) is -0.944. The minimum absolute atomic E-state index is 0.102. The molecule has 0 aliphatic rings. The fourth-order valence-electron chi connectivity index (χ4n) is 5.06. The lowest BCUT2D eigenvalue weighted by molar-refractivity contribution is -0.115. The Hall–Kier alpha value is -5.66. The van der Waals surface area contributed by atoms with Crippen molar-refractivity contribution in [1.82, 2.24) is 5.32 Å². The molecule has 7 heteroatoms. The fraction of sp³-hybridized carbons (Fsp3) is 0.0513. The number of fused-ring (bicyclic) bond motifs is 2. The van der Waals surface area contributed by atoms with Crippen molar-refractivity contribution in [2.75, 3.05) is 10.6 Å². The molecule has 0 radical (unpaired) electrons. The van der Waals surface area contributed by atoms with Crippen LogP contribution in [0.5, 0.6) is 0 Å². The highest BCUT2D eigenvalue weighted by Gasteiger charge is 2.17. The molecule has 6 aromatic rings.